The molecular weight excluding hydrogens is 336 g/mol. The van der Waals surface area contributed by atoms with Crippen LogP contribution < -0.4 is 5.32 Å². The van der Waals surface area contributed by atoms with Gasteiger partial charge in [-0.2, -0.15) is 0 Å². The van der Waals surface area contributed by atoms with Crippen LogP contribution in [0.25, 0.3) is 0 Å². The van der Waals surface area contributed by atoms with Crippen LogP contribution in [0, 0.1) is 0 Å². The van der Waals surface area contributed by atoms with Crippen LogP contribution in [0.5, 0.6) is 0 Å². The second-order valence-corrected chi connectivity index (χ2v) is 5.19. The van der Waals surface area contributed by atoms with E-state index in [4.69, 9.17) is 5.11 Å². The van der Waals surface area contributed by atoms with Gasteiger partial charge in [-0.25, -0.2) is 9.78 Å². The predicted octanol–water partition coefficient (Wildman–Crippen LogP) is 2.51. The van der Waals surface area contributed by atoms with Gasteiger partial charge in [-0.15, -0.1) is 0 Å². The smallest absolute Gasteiger partial charge is 0.335 e. The van der Waals surface area contributed by atoms with E-state index >= 15 is 0 Å². The van der Waals surface area contributed by atoms with Crippen molar-refractivity contribution in [2.75, 3.05) is 6.54 Å². The minimum absolute atomic E-state index is 0.204. The number of hydrogen-bond donors (Lipinski definition) is 2. The Morgan fingerprint density at radius 2 is 2.00 bits per heavy atom. The van der Waals surface area contributed by atoms with Crippen LogP contribution in [0.4, 0.5) is 0 Å². The van der Waals surface area contributed by atoms with Gasteiger partial charge in [-0.1, -0.05) is 12.1 Å². The van der Waals surface area contributed by atoms with E-state index < -0.39 is 5.97 Å². The number of pyridine rings is 1. The Morgan fingerprint density at radius 3 is 2.67 bits per heavy atom. The van der Waals surface area contributed by atoms with Gasteiger partial charge in [0.1, 0.15) is 4.60 Å². The third-order valence-electron chi connectivity index (χ3n) is 2.86. The summed E-state index contributed by atoms with van der Waals surface area (Å²) >= 11 is 3.21. The first-order valence-electron chi connectivity index (χ1n) is 6.28. The van der Waals surface area contributed by atoms with E-state index in [2.05, 4.69) is 26.2 Å². The molecular formula is C15H13BrN2O3. The number of aromatic nitrogens is 1. The molecule has 0 unspecified atom stereocenters. The van der Waals surface area contributed by atoms with Gasteiger partial charge in [0, 0.05) is 12.7 Å². The maximum absolute atomic E-state index is 11.9. The second-order valence-electron chi connectivity index (χ2n) is 4.38. The number of amides is 1. The van der Waals surface area contributed by atoms with Gasteiger partial charge >= 0.3 is 5.97 Å². The van der Waals surface area contributed by atoms with Gasteiger partial charge in [-0.05, 0) is 52.2 Å². The molecule has 5 nitrogen and oxygen atoms in total. The molecule has 6 heteroatoms. The van der Waals surface area contributed by atoms with Crippen LogP contribution in [-0.2, 0) is 6.42 Å². The Kier molecular flexibility index (Phi) is 5.05. The summed E-state index contributed by atoms with van der Waals surface area (Å²) in [6, 6.07) is 10.1. The molecule has 0 radical (unpaired) electrons. The number of rotatable bonds is 5. The average molecular weight is 349 g/mol. The lowest BCUT2D eigenvalue weighted by Crippen LogP contribution is -2.25. The predicted molar refractivity (Wildman–Crippen MR) is 81.4 cm³/mol. The van der Waals surface area contributed by atoms with E-state index in [1.165, 1.54) is 12.3 Å². The van der Waals surface area contributed by atoms with Gasteiger partial charge < -0.3 is 10.4 Å². The monoisotopic (exact) mass is 348 g/mol. The molecule has 0 atom stereocenters. The molecule has 0 spiro atoms. The Labute approximate surface area is 130 Å². The van der Waals surface area contributed by atoms with Crippen LogP contribution in [-0.4, -0.2) is 28.5 Å². The van der Waals surface area contributed by atoms with E-state index in [0.717, 1.165) is 5.56 Å². The fourth-order valence-corrected chi connectivity index (χ4v) is 2.03. The summed E-state index contributed by atoms with van der Waals surface area (Å²) in [4.78, 5) is 26.7. The Bertz CT molecular complexity index is 656. The lowest BCUT2D eigenvalue weighted by atomic mass is 10.1. The summed E-state index contributed by atoms with van der Waals surface area (Å²) in [6.07, 6.45) is 2.06. The summed E-state index contributed by atoms with van der Waals surface area (Å²) in [7, 11) is 0. The fourth-order valence-electron chi connectivity index (χ4n) is 1.79. The van der Waals surface area contributed by atoms with Crippen molar-refractivity contribution in [3.05, 3.63) is 63.9 Å². The highest BCUT2D eigenvalue weighted by Crippen LogP contribution is 2.07. The lowest BCUT2D eigenvalue weighted by Gasteiger charge is -2.06. The molecule has 2 aromatic rings. The zero-order valence-electron chi connectivity index (χ0n) is 11.0. The molecule has 0 aliphatic heterocycles. The molecule has 1 amide bonds. The molecule has 21 heavy (non-hydrogen) atoms. The number of carbonyl (C=O) groups is 2. The van der Waals surface area contributed by atoms with Gasteiger partial charge in [0.25, 0.3) is 5.91 Å². The van der Waals surface area contributed by atoms with E-state index in [1.807, 2.05) is 6.07 Å². The highest BCUT2D eigenvalue weighted by molar-refractivity contribution is 9.10. The summed E-state index contributed by atoms with van der Waals surface area (Å²) in [5.41, 5.74) is 1.59. The first kappa shape index (κ1) is 15.2. The van der Waals surface area contributed by atoms with E-state index in [9.17, 15) is 9.59 Å². The first-order valence-corrected chi connectivity index (χ1v) is 7.07. The number of benzene rings is 1. The normalized spacial score (nSPS) is 10.1. The van der Waals surface area contributed by atoms with Gasteiger partial charge in [0.2, 0.25) is 0 Å². The highest BCUT2D eigenvalue weighted by Gasteiger charge is 2.06. The first-order chi connectivity index (χ1) is 10.1. The van der Waals surface area contributed by atoms with Crippen LogP contribution in [0.2, 0.25) is 0 Å². The highest BCUT2D eigenvalue weighted by atomic mass is 79.9. The SMILES string of the molecule is O=C(O)c1cccc(CCNC(=O)c2ccc(Br)nc2)c1. The van der Waals surface area contributed by atoms with Crippen molar-refractivity contribution < 1.29 is 14.7 Å². The van der Waals surface area contributed by atoms with Crippen LogP contribution in [0.1, 0.15) is 26.3 Å². The zero-order chi connectivity index (χ0) is 15.2. The van der Waals surface area contributed by atoms with Gasteiger partial charge in [-0.3, -0.25) is 4.79 Å². The summed E-state index contributed by atoms with van der Waals surface area (Å²) in [6.45, 7) is 0.429. The number of aromatic carboxylic acids is 1. The second kappa shape index (κ2) is 6.99. The molecule has 0 fully saturated rings. The Hall–Kier alpha value is -2.21. The van der Waals surface area contributed by atoms with E-state index in [-0.39, 0.29) is 11.5 Å². The molecule has 1 aromatic carbocycles. The van der Waals surface area contributed by atoms with Crippen molar-refractivity contribution in [3.8, 4) is 0 Å². The summed E-state index contributed by atoms with van der Waals surface area (Å²) in [5, 5.41) is 11.7. The van der Waals surface area contributed by atoms with Crippen molar-refractivity contribution in [1.29, 1.82) is 0 Å². The molecule has 2 rings (SSSR count). The molecule has 108 valence electrons. The van der Waals surface area contributed by atoms with Crippen molar-refractivity contribution in [1.82, 2.24) is 10.3 Å². The number of carboxylic acid groups (broad SMARTS) is 1. The van der Waals surface area contributed by atoms with Gasteiger partial charge in [0.15, 0.2) is 0 Å². The minimum atomic E-state index is -0.957. The maximum atomic E-state index is 11.9. The number of hydrogen-bond acceptors (Lipinski definition) is 3. The van der Waals surface area contributed by atoms with Gasteiger partial charge in [0.05, 0.1) is 11.1 Å². The zero-order valence-corrected chi connectivity index (χ0v) is 12.6. The molecule has 1 heterocycles. The van der Waals surface area contributed by atoms with Crippen molar-refractivity contribution in [3.63, 3.8) is 0 Å². The van der Waals surface area contributed by atoms with Crippen molar-refractivity contribution >= 4 is 27.8 Å². The van der Waals surface area contributed by atoms with Crippen molar-refractivity contribution in [2.24, 2.45) is 0 Å². The maximum Gasteiger partial charge on any atom is 0.335 e. The lowest BCUT2D eigenvalue weighted by molar-refractivity contribution is 0.0696. The number of halogens is 1. The molecule has 0 saturated heterocycles. The Balaban J connectivity index is 1.89. The number of carboxylic acids is 1. The molecule has 1 aromatic heterocycles. The quantitative estimate of drug-likeness (QED) is 0.813. The average Bonchev–Trinajstić information content (AvgIpc) is 2.48. The number of nitrogens with one attached hydrogen (secondary N) is 1. The van der Waals surface area contributed by atoms with Crippen LogP contribution >= 0.6 is 15.9 Å². The third-order valence-corrected chi connectivity index (χ3v) is 3.33. The third kappa shape index (κ3) is 4.39. The topological polar surface area (TPSA) is 79.3 Å². The molecule has 0 aliphatic carbocycles. The molecule has 0 saturated carbocycles. The summed E-state index contributed by atoms with van der Waals surface area (Å²) in [5.74, 6) is -1.16. The molecule has 0 aliphatic rings. The Morgan fingerprint density at radius 1 is 1.19 bits per heavy atom. The minimum Gasteiger partial charge on any atom is -0.478 e. The number of nitrogens with zero attached hydrogens (tertiary/aromatic N) is 1. The van der Waals surface area contributed by atoms with Crippen LogP contribution in [0.15, 0.2) is 47.2 Å². The van der Waals surface area contributed by atoms with E-state index in [1.54, 1.807) is 24.3 Å². The largest absolute Gasteiger partial charge is 0.478 e. The summed E-state index contributed by atoms with van der Waals surface area (Å²) < 4.78 is 0.671. The van der Waals surface area contributed by atoms with E-state index in [0.29, 0.717) is 23.1 Å². The molecule has 2 N–H and O–H groups in total. The van der Waals surface area contributed by atoms with Crippen LogP contribution in [0.3, 0.4) is 0 Å². The standard InChI is InChI=1S/C15H13BrN2O3/c16-13-5-4-12(9-18-13)14(19)17-7-6-10-2-1-3-11(8-10)15(20)21/h1-5,8-9H,6-7H2,(H,17,19)(H,20,21). The fraction of sp³-hybridized carbons (Fsp3) is 0.133. The van der Waals surface area contributed by atoms with Crippen molar-refractivity contribution in [2.45, 2.75) is 6.42 Å². The number of carbonyl (C=O) groups excluding carboxylic acids is 1. The molecule has 0 bridgehead atoms.